The molecule has 0 saturated carbocycles. The summed E-state index contributed by atoms with van der Waals surface area (Å²) in [6.07, 6.45) is 0.510. The Morgan fingerprint density at radius 2 is 2.14 bits per heavy atom. The lowest BCUT2D eigenvalue weighted by atomic mass is 9.94. The predicted molar refractivity (Wildman–Crippen MR) is 80.5 cm³/mol. The van der Waals surface area contributed by atoms with Crippen molar-refractivity contribution in [1.29, 1.82) is 0 Å². The van der Waals surface area contributed by atoms with Crippen LogP contribution in [0.5, 0.6) is 0 Å². The molecule has 1 amide bonds. The van der Waals surface area contributed by atoms with Crippen molar-refractivity contribution in [3.05, 3.63) is 38.9 Å². The molecule has 0 bridgehead atoms. The van der Waals surface area contributed by atoms with Crippen LogP contribution in [-0.2, 0) is 0 Å². The second-order valence-corrected chi connectivity index (χ2v) is 6.13. The quantitative estimate of drug-likeness (QED) is 0.623. The number of rotatable bonds is 6. The number of nitrogens with one attached hydrogen (secondary N) is 1. The number of nitro groups is 1. The van der Waals surface area contributed by atoms with Crippen LogP contribution in [0.15, 0.2) is 18.2 Å². The highest BCUT2D eigenvalue weighted by atomic mass is 35.5. The normalized spacial score (nSPS) is 13.8. The first-order valence-electron chi connectivity index (χ1n) is 6.57. The van der Waals surface area contributed by atoms with Crippen LogP contribution >= 0.6 is 11.6 Å². The first-order chi connectivity index (χ1) is 9.62. The van der Waals surface area contributed by atoms with Crippen molar-refractivity contribution in [2.75, 3.05) is 6.54 Å². The third kappa shape index (κ3) is 5.32. The number of hydrogen-bond donors (Lipinski definition) is 2. The molecule has 21 heavy (non-hydrogen) atoms. The van der Waals surface area contributed by atoms with Gasteiger partial charge in [0.05, 0.1) is 10.5 Å². The van der Waals surface area contributed by atoms with E-state index in [1.807, 2.05) is 13.8 Å². The number of carbonyl (C=O) groups excluding carboxylic acids is 1. The Kier molecular flexibility index (Phi) is 5.69. The highest BCUT2D eigenvalue weighted by Gasteiger charge is 2.25. The van der Waals surface area contributed by atoms with Crippen molar-refractivity contribution >= 4 is 23.2 Å². The van der Waals surface area contributed by atoms with Gasteiger partial charge in [0.2, 0.25) is 0 Å². The molecule has 0 fully saturated rings. The molecule has 0 aliphatic carbocycles. The number of amides is 1. The highest BCUT2D eigenvalue weighted by Crippen LogP contribution is 2.23. The van der Waals surface area contributed by atoms with Gasteiger partial charge in [-0.15, -0.1) is 0 Å². The van der Waals surface area contributed by atoms with Gasteiger partial charge in [0.1, 0.15) is 5.56 Å². The van der Waals surface area contributed by atoms with Crippen LogP contribution in [0.25, 0.3) is 0 Å². The monoisotopic (exact) mass is 314 g/mol. The lowest BCUT2D eigenvalue weighted by Gasteiger charge is -2.25. The van der Waals surface area contributed by atoms with E-state index in [9.17, 15) is 20.0 Å². The second-order valence-electron chi connectivity index (χ2n) is 5.70. The van der Waals surface area contributed by atoms with Gasteiger partial charge in [-0.1, -0.05) is 25.4 Å². The summed E-state index contributed by atoms with van der Waals surface area (Å²) in [6.45, 7) is 5.55. The molecule has 2 N–H and O–H groups in total. The molecule has 0 saturated heterocycles. The lowest BCUT2D eigenvalue weighted by Crippen LogP contribution is -2.41. The second kappa shape index (κ2) is 6.87. The number of aliphatic hydroxyl groups is 1. The van der Waals surface area contributed by atoms with Gasteiger partial charge < -0.3 is 10.4 Å². The minimum Gasteiger partial charge on any atom is -0.388 e. The topological polar surface area (TPSA) is 92.5 Å². The van der Waals surface area contributed by atoms with Crippen molar-refractivity contribution in [3.63, 3.8) is 0 Å². The Labute approximate surface area is 128 Å². The molecule has 6 nitrogen and oxygen atoms in total. The SMILES string of the molecule is CC(C)CC(C)(O)CNC(=O)c1ccc(Cl)cc1[N+](=O)[O-]. The van der Waals surface area contributed by atoms with Crippen molar-refractivity contribution in [3.8, 4) is 0 Å². The fourth-order valence-electron chi connectivity index (χ4n) is 2.17. The first kappa shape index (κ1) is 17.4. The largest absolute Gasteiger partial charge is 0.388 e. The number of nitrogens with zero attached hydrogens (tertiary/aromatic N) is 1. The molecular formula is C14H19ClN2O4. The third-order valence-electron chi connectivity index (χ3n) is 2.88. The maximum atomic E-state index is 12.0. The standard InChI is InChI=1S/C14H19ClN2O4/c1-9(2)7-14(3,19)8-16-13(18)11-5-4-10(15)6-12(11)17(20)21/h4-6,9,19H,7-8H2,1-3H3,(H,16,18). The zero-order valence-corrected chi connectivity index (χ0v) is 13.0. The summed E-state index contributed by atoms with van der Waals surface area (Å²) in [7, 11) is 0. The van der Waals surface area contributed by atoms with Crippen LogP contribution in [0.2, 0.25) is 5.02 Å². The van der Waals surface area contributed by atoms with Crippen LogP contribution in [-0.4, -0.2) is 28.1 Å². The predicted octanol–water partition coefficient (Wildman–Crippen LogP) is 2.78. The van der Waals surface area contributed by atoms with E-state index in [1.165, 1.54) is 12.1 Å². The summed E-state index contributed by atoms with van der Waals surface area (Å²) >= 11 is 5.70. The van der Waals surface area contributed by atoms with E-state index in [0.29, 0.717) is 6.42 Å². The van der Waals surface area contributed by atoms with Crippen LogP contribution in [0.4, 0.5) is 5.69 Å². The third-order valence-corrected chi connectivity index (χ3v) is 3.11. The van der Waals surface area contributed by atoms with E-state index in [1.54, 1.807) is 6.92 Å². The highest BCUT2D eigenvalue weighted by molar-refractivity contribution is 6.31. The van der Waals surface area contributed by atoms with Crippen LogP contribution in [0.1, 0.15) is 37.6 Å². The zero-order valence-electron chi connectivity index (χ0n) is 12.2. The van der Waals surface area contributed by atoms with Gasteiger partial charge in [0, 0.05) is 17.6 Å². The van der Waals surface area contributed by atoms with Gasteiger partial charge in [-0.25, -0.2) is 0 Å². The molecule has 0 radical (unpaired) electrons. The Balaban J connectivity index is 2.84. The molecule has 1 atom stereocenters. The van der Waals surface area contributed by atoms with Gasteiger partial charge in [0.25, 0.3) is 11.6 Å². The number of carbonyl (C=O) groups is 1. The fourth-order valence-corrected chi connectivity index (χ4v) is 2.33. The number of hydrogen-bond acceptors (Lipinski definition) is 4. The molecule has 0 aliphatic rings. The first-order valence-corrected chi connectivity index (χ1v) is 6.95. The lowest BCUT2D eigenvalue weighted by molar-refractivity contribution is -0.385. The molecule has 116 valence electrons. The van der Waals surface area contributed by atoms with E-state index in [4.69, 9.17) is 11.6 Å². The molecule has 1 unspecified atom stereocenters. The minimum absolute atomic E-state index is 0.0177. The molecule has 0 aromatic heterocycles. The van der Waals surface area contributed by atoms with Gasteiger partial charge in [0.15, 0.2) is 0 Å². The maximum Gasteiger partial charge on any atom is 0.283 e. The number of nitro benzene ring substituents is 1. The Bertz CT molecular complexity index is 544. The average Bonchev–Trinajstić information content (AvgIpc) is 2.34. The fraction of sp³-hybridized carbons (Fsp3) is 0.500. The number of halogens is 1. The molecular weight excluding hydrogens is 296 g/mol. The Morgan fingerprint density at radius 3 is 2.67 bits per heavy atom. The van der Waals surface area contributed by atoms with Crippen LogP contribution in [0, 0.1) is 16.0 Å². The summed E-state index contributed by atoms with van der Waals surface area (Å²) in [6, 6.07) is 3.84. The summed E-state index contributed by atoms with van der Waals surface area (Å²) in [5.41, 5.74) is -1.50. The van der Waals surface area contributed by atoms with E-state index in [2.05, 4.69) is 5.32 Å². The maximum absolute atomic E-state index is 12.0. The minimum atomic E-state index is -1.06. The van der Waals surface area contributed by atoms with E-state index in [-0.39, 0.29) is 28.7 Å². The Morgan fingerprint density at radius 1 is 1.52 bits per heavy atom. The van der Waals surface area contributed by atoms with E-state index in [0.717, 1.165) is 6.07 Å². The van der Waals surface area contributed by atoms with Crippen molar-refractivity contribution in [2.24, 2.45) is 5.92 Å². The van der Waals surface area contributed by atoms with Crippen LogP contribution in [0.3, 0.4) is 0 Å². The van der Waals surface area contributed by atoms with Crippen molar-refractivity contribution in [2.45, 2.75) is 32.8 Å². The summed E-state index contributed by atoms with van der Waals surface area (Å²) in [5.74, 6) is -0.343. The molecule has 1 rings (SSSR count). The molecule has 0 aliphatic heterocycles. The van der Waals surface area contributed by atoms with Gasteiger partial charge in [-0.05, 0) is 31.4 Å². The van der Waals surface area contributed by atoms with E-state index < -0.39 is 16.4 Å². The zero-order chi connectivity index (χ0) is 16.2. The summed E-state index contributed by atoms with van der Waals surface area (Å²) in [5, 5.41) is 23.8. The molecule has 1 aromatic rings. The molecule has 0 spiro atoms. The molecule has 7 heteroatoms. The summed E-state index contributed by atoms with van der Waals surface area (Å²) in [4.78, 5) is 22.3. The van der Waals surface area contributed by atoms with E-state index >= 15 is 0 Å². The van der Waals surface area contributed by atoms with Gasteiger partial charge in [-0.3, -0.25) is 14.9 Å². The van der Waals surface area contributed by atoms with Crippen molar-refractivity contribution in [1.82, 2.24) is 5.32 Å². The van der Waals surface area contributed by atoms with Gasteiger partial charge in [-0.2, -0.15) is 0 Å². The van der Waals surface area contributed by atoms with Crippen LogP contribution < -0.4 is 5.32 Å². The molecule has 0 heterocycles. The smallest absolute Gasteiger partial charge is 0.283 e. The number of benzene rings is 1. The van der Waals surface area contributed by atoms with Gasteiger partial charge >= 0.3 is 0 Å². The summed E-state index contributed by atoms with van der Waals surface area (Å²) < 4.78 is 0. The Hall–Kier alpha value is -1.66. The average molecular weight is 315 g/mol. The van der Waals surface area contributed by atoms with Crippen molar-refractivity contribution < 1.29 is 14.8 Å². The molecule has 1 aromatic carbocycles.